The van der Waals surface area contributed by atoms with Gasteiger partial charge in [-0.2, -0.15) is 0 Å². The summed E-state index contributed by atoms with van der Waals surface area (Å²) in [6.07, 6.45) is 1.24. The van der Waals surface area contributed by atoms with Crippen molar-refractivity contribution in [3.8, 4) is 0 Å². The van der Waals surface area contributed by atoms with Crippen molar-refractivity contribution in [1.29, 1.82) is 0 Å². The Morgan fingerprint density at radius 3 is 2.29 bits per heavy atom. The van der Waals surface area contributed by atoms with Gasteiger partial charge < -0.3 is 5.32 Å². The number of hydrogen-bond acceptors (Lipinski definition) is 1. The van der Waals surface area contributed by atoms with Crippen molar-refractivity contribution in [3.63, 3.8) is 0 Å². The standard InChI is InChI=1S/C6H11N/c1-5-3-4-7-6(5)2/h7H,3-4H2,1-2H3. The summed E-state index contributed by atoms with van der Waals surface area (Å²) in [6, 6.07) is 0. The van der Waals surface area contributed by atoms with Crippen molar-refractivity contribution >= 4 is 0 Å². The average molecular weight is 97.2 g/mol. The third-order valence-corrected chi connectivity index (χ3v) is 1.53. The lowest BCUT2D eigenvalue weighted by Gasteiger charge is -1.91. The van der Waals surface area contributed by atoms with Crippen molar-refractivity contribution in [2.24, 2.45) is 0 Å². The van der Waals surface area contributed by atoms with E-state index >= 15 is 0 Å². The van der Waals surface area contributed by atoms with Crippen LogP contribution in [0.25, 0.3) is 0 Å². The van der Waals surface area contributed by atoms with Gasteiger partial charge in [-0.25, -0.2) is 0 Å². The number of nitrogens with one attached hydrogen (secondary N) is 1. The fraction of sp³-hybridized carbons (Fsp3) is 0.667. The van der Waals surface area contributed by atoms with Crippen molar-refractivity contribution in [2.45, 2.75) is 20.3 Å². The molecule has 0 radical (unpaired) electrons. The first-order valence-corrected chi connectivity index (χ1v) is 2.71. The van der Waals surface area contributed by atoms with Crippen LogP contribution in [0.1, 0.15) is 20.3 Å². The smallest absolute Gasteiger partial charge is 0.0181 e. The molecule has 0 saturated heterocycles. The highest BCUT2D eigenvalue weighted by Crippen LogP contribution is 2.09. The molecule has 1 N–H and O–H groups in total. The van der Waals surface area contributed by atoms with E-state index in [4.69, 9.17) is 0 Å². The van der Waals surface area contributed by atoms with E-state index in [1.807, 2.05) is 0 Å². The van der Waals surface area contributed by atoms with Crippen molar-refractivity contribution < 1.29 is 0 Å². The van der Waals surface area contributed by atoms with Crippen LogP contribution in [0.5, 0.6) is 0 Å². The molecule has 1 heterocycles. The van der Waals surface area contributed by atoms with E-state index in [1.54, 1.807) is 0 Å². The molecule has 1 nitrogen and oxygen atoms in total. The number of allylic oxidation sites excluding steroid dienone is 1. The molecule has 1 aliphatic rings. The summed E-state index contributed by atoms with van der Waals surface area (Å²) in [6.45, 7) is 5.45. The number of hydrogen-bond donors (Lipinski definition) is 1. The zero-order chi connectivity index (χ0) is 5.28. The molecule has 0 spiro atoms. The van der Waals surface area contributed by atoms with E-state index < -0.39 is 0 Å². The Labute approximate surface area is 44.4 Å². The zero-order valence-electron chi connectivity index (χ0n) is 4.91. The van der Waals surface area contributed by atoms with Crippen LogP contribution in [0.15, 0.2) is 11.3 Å². The zero-order valence-corrected chi connectivity index (χ0v) is 4.91. The summed E-state index contributed by atoms with van der Waals surface area (Å²) in [5, 5.41) is 3.25. The Kier molecular flexibility index (Phi) is 1.05. The lowest BCUT2D eigenvalue weighted by atomic mass is 10.2. The molecule has 0 aromatic heterocycles. The van der Waals surface area contributed by atoms with E-state index in [0.29, 0.717) is 0 Å². The predicted molar refractivity (Wildman–Crippen MR) is 31.0 cm³/mol. The van der Waals surface area contributed by atoms with Gasteiger partial charge in [-0.3, -0.25) is 0 Å². The molecule has 0 unspecified atom stereocenters. The minimum absolute atomic E-state index is 1.15. The van der Waals surface area contributed by atoms with Gasteiger partial charge in [-0.15, -0.1) is 0 Å². The van der Waals surface area contributed by atoms with Crippen LogP contribution in [0.3, 0.4) is 0 Å². The SMILES string of the molecule is CC1=C(C)NCC1. The Bertz CT molecular complexity index is 90.7. The molecule has 1 aliphatic heterocycles. The quantitative estimate of drug-likeness (QED) is 0.480. The molecule has 0 saturated carbocycles. The molecule has 0 atom stereocenters. The maximum absolute atomic E-state index is 3.25. The fourth-order valence-electron chi connectivity index (χ4n) is 0.776. The van der Waals surface area contributed by atoms with E-state index in [-0.39, 0.29) is 0 Å². The Morgan fingerprint density at radius 1 is 1.43 bits per heavy atom. The maximum atomic E-state index is 3.25. The average Bonchev–Trinajstić information content (AvgIpc) is 1.91. The van der Waals surface area contributed by atoms with Gasteiger partial charge in [-0.1, -0.05) is 5.57 Å². The molecule has 0 bridgehead atoms. The Balaban J connectivity index is 2.64. The minimum atomic E-state index is 1.15. The van der Waals surface area contributed by atoms with E-state index in [2.05, 4.69) is 19.2 Å². The molecule has 0 fully saturated rings. The summed E-state index contributed by atoms with van der Waals surface area (Å²) in [5.74, 6) is 0. The van der Waals surface area contributed by atoms with Crippen molar-refractivity contribution in [2.75, 3.05) is 6.54 Å². The first kappa shape index (κ1) is 4.69. The summed E-state index contributed by atoms with van der Waals surface area (Å²) in [7, 11) is 0. The van der Waals surface area contributed by atoms with Gasteiger partial charge in [0.1, 0.15) is 0 Å². The van der Waals surface area contributed by atoms with Gasteiger partial charge in [0, 0.05) is 12.2 Å². The highest BCUT2D eigenvalue weighted by atomic mass is 14.9. The van der Waals surface area contributed by atoms with Crippen LogP contribution in [0.4, 0.5) is 0 Å². The first-order chi connectivity index (χ1) is 3.30. The molecule has 0 aromatic carbocycles. The van der Waals surface area contributed by atoms with Crippen LogP contribution in [-0.4, -0.2) is 6.54 Å². The third-order valence-electron chi connectivity index (χ3n) is 1.53. The van der Waals surface area contributed by atoms with Gasteiger partial charge in [0.25, 0.3) is 0 Å². The molecule has 7 heavy (non-hydrogen) atoms. The summed E-state index contributed by atoms with van der Waals surface area (Å²) in [4.78, 5) is 0. The second-order valence-corrected chi connectivity index (χ2v) is 2.08. The predicted octanol–water partition coefficient (Wildman–Crippen LogP) is 1.27. The summed E-state index contributed by atoms with van der Waals surface area (Å²) in [5.41, 5.74) is 2.89. The second kappa shape index (κ2) is 1.57. The lowest BCUT2D eigenvalue weighted by molar-refractivity contribution is 0.872. The summed E-state index contributed by atoms with van der Waals surface area (Å²) >= 11 is 0. The fourth-order valence-corrected chi connectivity index (χ4v) is 0.776. The maximum Gasteiger partial charge on any atom is 0.0181 e. The largest absolute Gasteiger partial charge is 0.388 e. The van der Waals surface area contributed by atoms with Gasteiger partial charge in [0.05, 0.1) is 0 Å². The molecule has 0 aliphatic carbocycles. The highest BCUT2D eigenvalue weighted by molar-refractivity contribution is 5.12. The highest BCUT2D eigenvalue weighted by Gasteiger charge is 2.02. The van der Waals surface area contributed by atoms with Crippen LogP contribution in [0.2, 0.25) is 0 Å². The minimum Gasteiger partial charge on any atom is -0.388 e. The normalized spacial score (nSPS) is 20.3. The van der Waals surface area contributed by atoms with E-state index in [0.717, 1.165) is 6.54 Å². The topological polar surface area (TPSA) is 12.0 Å². The number of rotatable bonds is 0. The van der Waals surface area contributed by atoms with Gasteiger partial charge in [-0.05, 0) is 20.3 Å². The van der Waals surface area contributed by atoms with E-state index in [1.165, 1.54) is 17.7 Å². The Hall–Kier alpha value is -0.460. The first-order valence-electron chi connectivity index (χ1n) is 2.71. The molecule has 0 aromatic rings. The van der Waals surface area contributed by atoms with Crippen LogP contribution >= 0.6 is 0 Å². The molecular formula is C6H11N. The molecule has 40 valence electrons. The molecule has 0 amide bonds. The van der Waals surface area contributed by atoms with Gasteiger partial charge >= 0.3 is 0 Å². The van der Waals surface area contributed by atoms with Gasteiger partial charge in [0.2, 0.25) is 0 Å². The van der Waals surface area contributed by atoms with Crippen LogP contribution in [-0.2, 0) is 0 Å². The second-order valence-electron chi connectivity index (χ2n) is 2.08. The third kappa shape index (κ3) is 0.763. The molecule has 1 heteroatoms. The van der Waals surface area contributed by atoms with Crippen LogP contribution in [0, 0.1) is 0 Å². The van der Waals surface area contributed by atoms with E-state index in [9.17, 15) is 0 Å². The Morgan fingerprint density at radius 2 is 2.14 bits per heavy atom. The molecule has 1 rings (SSSR count). The van der Waals surface area contributed by atoms with Crippen LogP contribution < -0.4 is 5.32 Å². The molecular weight excluding hydrogens is 86.1 g/mol. The summed E-state index contributed by atoms with van der Waals surface area (Å²) < 4.78 is 0. The van der Waals surface area contributed by atoms with Crippen molar-refractivity contribution in [3.05, 3.63) is 11.3 Å². The van der Waals surface area contributed by atoms with Crippen molar-refractivity contribution in [1.82, 2.24) is 5.32 Å². The lowest BCUT2D eigenvalue weighted by Crippen LogP contribution is -2.03. The monoisotopic (exact) mass is 97.1 g/mol. The van der Waals surface area contributed by atoms with Gasteiger partial charge in [0.15, 0.2) is 0 Å².